The van der Waals surface area contributed by atoms with Crippen molar-refractivity contribution in [2.75, 3.05) is 5.32 Å². The van der Waals surface area contributed by atoms with Gasteiger partial charge in [0, 0.05) is 11.3 Å². The quantitative estimate of drug-likeness (QED) is 0.848. The highest BCUT2D eigenvalue weighted by Crippen LogP contribution is 2.37. The molecule has 2 unspecified atom stereocenters. The van der Waals surface area contributed by atoms with Crippen LogP contribution in [0.3, 0.4) is 0 Å². The Morgan fingerprint density at radius 3 is 2.81 bits per heavy atom. The van der Waals surface area contributed by atoms with E-state index in [1.807, 2.05) is 6.92 Å². The summed E-state index contributed by atoms with van der Waals surface area (Å²) in [5, 5.41) is 14.4. The summed E-state index contributed by atoms with van der Waals surface area (Å²) < 4.78 is 0. The summed E-state index contributed by atoms with van der Waals surface area (Å²) in [5.41, 5.74) is 0.611. The van der Waals surface area contributed by atoms with Gasteiger partial charge >= 0.3 is 0 Å². The van der Waals surface area contributed by atoms with Gasteiger partial charge in [-0.25, -0.2) is 4.98 Å². The predicted octanol–water partition coefficient (Wildman–Crippen LogP) is 2.18. The molecule has 2 N–H and O–H groups in total. The van der Waals surface area contributed by atoms with Gasteiger partial charge in [0.2, 0.25) is 5.91 Å². The molecule has 16 heavy (non-hydrogen) atoms. The van der Waals surface area contributed by atoms with Crippen LogP contribution in [-0.4, -0.2) is 16.0 Å². The molecule has 5 heteroatoms. The van der Waals surface area contributed by atoms with Crippen LogP contribution in [0.2, 0.25) is 0 Å². The Hall–Kier alpha value is -0.940. The molecule has 1 aliphatic rings. The van der Waals surface area contributed by atoms with Crippen molar-refractivity contribution in [1.29, 1.82) is 0 Å². The minimum absolute atomic E-state index is 0.0361. The first-order valence-electron chi connectivity index (χ1n) is 5.52. The molecule has 1 saturated carbocycles. The molecule has 88 valence electrons. The summed E-state index contributed by atoms with van der Waals surface area (Å²) in [5.74, 6) is 0.657. The topological polar surface area (TPSA) is 62.2 Å². The molecule has 2 atom stereocenters. The first-order chi connectivity index (χ1) is 7.58. The molecular formula is C11H16N2O2S. The first kappa shape index (κ1) is 11.5. The molecule has 0 spiro atoms. The number of rotatable bonds is 4. The van der Waals surface area contributed by atoms with Crippen molar-refractivity contribution in [3.8, 4) is 0 Å². The van der Waals surface area contributed by atoms with Crippen molar-refractivity contribution in [3.63, 3.8) is 0 Å². The molecule has 4 nitrogen and oxygen atoms in total. The second-order valence-electron chi connectivity index (χ2n) is 4.37. The lowest BCUT2D eigenvalue weighted by atomic mass is 10.1. The Kier molecular flexibility index (Phi) is 3.25. The SMILES string of the molecule is CC(O)c1csc(NC(=O)C(C)C2CC2)n1. The lowest BCUT2D eigenvalue weighted by Crippen LogP contribution is -2.21. The highest BCUT2D eigenvalue weighted by molar-refractivity contribution is 7.13. The van der Waals surface area contributed by atoms with Gasteiger partial charge in [-0.1, -0.05) is 6.92 Å². The van der Waals surface area contributed by atoms with Crippen molar-refractivity contribution >= 4 is 22.4 Å². The van der Waals surface area contributed by atoms with Crippen LogP contribution >= 0.6 is 11.3 Å². The maximum Gasteiger partial charge on any atom is 0.229 e. The molecule has 1 fully saturated rings. The molecule has 1 aromatic heterocycles. The predicted molar refractivity (Wildman–Crippen MR) is 63.3 cm³/mol. The van der Waals surface area contributed by atoms with E-state index in [4.69, 9.17) is 0 Å². The van der Waals surface area contributed by atoms with Gasteiger partial charge in [-0.15, -0.1) is 11.3 Å². The van der Waals surface area contributed by atoms with Crippen LogP contribution in [0.15, 0.2) is 5.38 Å². The smallest absolute Gasteiger partial charge is 0.229 e. The maximum absolute atomic E-state index is 11.8. The number of hydrogen-bond acceptors (Lipinski definition) is 4. The van der Waals surface area contributed by atoms with Crippen LogP contribution in [0, 0.1) is 11.8 Å². The van der Waals surface area contributed by atoms with E-state index >= 15 is 0 Å². The van der Waals surface area contributed by atoms with E-state index in [0.29, 0.717) is 16.7 Å². The average Bonchev–Trinajstić information content (AvgIpc) is 2.97. The lowest BCUT2D eigenvalue weighted by molar-refractivity contribution is -0.119. The highest BCUT2D eigenvalue weighted by Gasteiger charge is 2.32. The van der Waals surface area contributed by atoms with Crippen LogP contribution in [-0.2, 0) is 4.79 Å². The van der Waals surface area contributed by atoms with Crippen LogP contribution in [0.25, 0.3) is 0 Å². The summed E-state index contributed by atoms with van der Waals surface area (Å²) in [6.07, 6.45) is 1.74. The number of aliphatic hydroxyl groups excluding tert-OH is 1. The van der Waals surface area contributed by atoms with E-state index < -0.39 is 6.10 Å². The van der Waals surface area contributed by atoms with Gasteiger partial charge in [-0.2, -0.15) is 0 Å². The summed E-state index contributed by atoms with van der Waals surface area (Å²) in [7, 11) is 0. The number of aliphatic hydroxyl groups is 1. The van der Waals surface area contributed by atoms with E-state index in [1.165, 1.54) is 11.3 Å². The molecule has 0 aliphatic heterocycles. The molecular weight excluding hydrogens is 224 g/mol. The Balaban J connectivity index is 1.94. The fourth-order valence-corrected chi connectivity index (χ4v) is 2.36. The van der Waals surface area contributed by atoms with Crippen molar-refractivity contribution in [1.82, 2.24) is 4.98 Å². The Labute approximate surface area is 98.7 Å². The van der Waals surface area contributed by atoms with Gasteiger partial charge in [0.1, 0.15) is 0 Å². The van der Waals surface area contributed by atoms with Crippen LogP contribution < -0.4 is 5.32 Å². The van der Waals surface area contributed by atoms with Crippen LogP contribution in [0.5, 0.6) is 0 Å². The summed E-state index contributed by atoms with van der Waals surface area (Å²) >= 11 is 1.35. The number of carbonyl (C=O) groups excluding carboxylic acids is 1. The molecule has 0 aromatic carbocycles. The second-order valence-corrected chi connectivity index (χ2v) is 5.23. The average molecular weight is 240 g/mol. The van der Waals surface area contributed by atoms with Gasteiger partial charge in [-0.3, -0.25) is 4.79 Å². The third-order valence-electron chi connectivity index (χ3n) is 2.92. The number of aromatic nitrogens is 1. The zero-order chi connectivity index (χ0) is 11.7. The molecule has 0 bridgehead atoms. The third kappa shape index (κ3) is 2.59. The van der Waals surface area contributed by atoms with E-state index in [-0.39, 0.29) is 11.8 Å². The zero-order valence-corrected chi connectivity index (χ0v) is 10.3. The number of amides is 1. The van der Waals surface area contributed by atoms with Gasteiger partial charge in [0.25, 0.3) is 0 Å². The van der Waals surface area contributed by atoms with Crippen LogP contribution in [0.1, 0.15) is 38.5 Å². The number of carbonyl (C=O) groups is 1. The Morgan fingerprint density at radius 1 is 1.62 bits per heavy atom. The zero-order valence-electron chi connectivity index (χ0n) is 9.43. The summed E-state index contributed by atoms with van der Waals surface area (Å²) in [6, 6.07) is 0. The Bertz CT molecular complexity index is 385. The fourth-order valence-electron chi connectivity index (χ4n) is 1.56. The minimum atomic E-state index is -0.581. The molecule has 1 heterocycles. The van der Waals surface area contributed by atoms with E-state index in [1.54, 1.807) is 12.3 Å². The molecule has 2 rings (SSSR count). The van der Waals surface area contributed by atoms with Gasteiger partial charge in [-0.05, 0) is 25.7 Å². The van der Waals surface area contributed by atoms with Crippen molar-refractivity contribution in [3.05, 3.63) is 11.1 Å². The van der Waals surface area contributed by atoms with E-state index in [9.17, 15) is 9.90 Å². The summed E-state index contributed by atoms with van der Waals surface area (Å²) in [6.45, 7) is 3.61. The van der Waals surface area contributed by atoms with Crippen molar-refractivity contribution < 1.29 is 9.90 Å². The monoisotopic (exact) mass is 240 g/mol. The number of thiazole rings is 1. The first-order valence-corrected chi connectivity index (χ1v) is 6.40. The van der Waals surface area contributed by atoms with Crippen LogP contribution in [0.4, 0.5) is 5.13 Å². The number of hydrogen-bond donors (Lipinski definition) is 2. The second kappa shape index (κ2) is 4.51. The van der Waals surface area contributed by atoms with Gasteiger partial charge in [0.15, 0.2) is 5.13 Å². The van der Waals surface area contributed by atoms with Gasteiger partial charge in [0.05, 0.1) is 11.8 Å². The number of nitrogens with one attached hydrogen (secondary N) is 1. The largest absolute Gasteiger partial charge is 0.387 e. The number of nitrogens with zero attached hydrogens (tertiary/aromatic N) is 1. The summed E-state index contributed by atoms with van der Waals surface area (Å²) in [4.78, 5) is 15.9. The molecule has 1 aliphatic carbocycles. The molecule has 1 aromatic rings. The van der Waals surface area contributed by atoms with E-state index in [0.717, 1.165) is 12.8 Å². The van der Waals surface area contributed by atoms with Gasteiger partial charge < -0.3 is 10.4 Å². The molecule has 0 saturated heterocycles. The van der Waals surface area contributed by atoms with Crippen molar-refractivity contribution in [2.45, 2.75) is 32.8 Å². The third-order valence-corrected chi connectivity index (χ3v) is 3.70. The molecule has 0 radical (unpaired) electrons. The fraction of sp³-hybridized carbons (Fsp3) is 0.636. The molecule has 1 amide bonds. The Morgan fingerprint density at radius 2 is 2.31 bits per heavy atom. The van der Waals surface area contributed by atoms with Crippen molar-refractivity contribution in [2.24, 2.45) is 11.8 Å². The minimum Gasteiger partial charge on any atom is -0.387 e. The normalized spacial score (nSPS) is 19.2. The number of anilines is 1. The maximum atomic E-state index is 11.8. The highest BCUT2D eigenvalue weighted by atomic mass is 32.1. The van der Waals surface area contributed by atoms with E-state index in [2.05, 4.69) is 10.3 Å². The lowest BCUT2D eigenvalue weighted by Gasteiger charge is -2.08. The standard InChI is InChI=1S/C11H16N2O2S/c1-6(8-3-4-8)10(15)13-11-12-9(5-16-11)7(2)14/h5-8,14H,3-4H2,1-2H3,(H,12,13,15).